The van der Waals surface area contributed by atoms with Crippen LogP contribution in [-0.4, -0.2) is 48.6 Å². The van der Waals surface area contributed by atoms with Gasteiger partial charge in [-0.25, -0.2) is 4.39 Å². The lowest BCUT2D eigenvalue weighted by molar-refractivity contribution is 0.172. The van der Waals surface area contributed by atoms with Gasteiger partial charge in [-0.15, -0.1) is 0 Å². The molecule has 3 unspecified atom stereocenters. The molecule has 0 radical (unpaired) electrons. The van der Waals surface area contributed by atoms with Crippen molar-refractivity contribution >= 4 is 0 Å². The van der Waals surface area contributed by atoms with Gasteiger partial charge >= 0.3 is 0 Å². The Hall–Kier alpha value is -0.970. The normalized spacial score (nSPS) is 28.6. The van der Waals surface area contributed by atoms with E-state index in [2.05, 4.69) is 16.8 Å². The minimum Gasteiger partial charge on any atom is -0.329 e. The van der Waals surface area contributed by atoms with Crippen LogP contribution in [0.5, 0.6) is 0 Å². The van der Waals surface area contributed by atoms with Crippen molar-refractivity contribution in [3.05, 3.63) is 35.1 Å². The number of benzene rings is 1. The summed E-state index contributed by atoms with van der Waals surface area (Å²) >= 11 is 0. The second-order valence-corrected chi connectivity index (χ2v) is 6.61. The molecule has 2 fully saturated rings. The number of hydrogen-bond acceptors (Lipinski definition) is 3. The van der Waals surface area contributed by atoms with Crippen LogP contribution >= 0.6 is 0 Å². The molecular formula is C17H26FN3. The number of rotatable bonds is 3. The van der Waals surface area contributed by atoms with Gasteiger partial charge in [-0.3, -0.25) is 9.80 Å². The van der Waals surface area contributed by atoms with E-state index in [1.165, 1.54) is 12.8 Å². The van der Waals surface area contributed by atoms with E-state index in [9.17, 15) is 4.39 Å². The third-order valence-electron chi connectivity index (χ3n) is 5.35. The third kappa shape index (κ3) is 2.85. The molecule has 2 N–H and O–H groups in total. The fourth-order valence-corrected chi connectivity index (χ4v) is 4.01. The fourth-order valence-electron chi connectivity index (χ4n) is 4.01. The highest BCUT2D eigenvalue weighted by Crippen LogP contribution is 2.32. The summed E-state index contributed by atoms with van der Waals surface area (Å²) in [5.41, 5.74) is 7.87. The highest BCUT2D eigenvalue weighted by atomic mass is 19.1. The van der Waals surface area contributed by atoms with E-state index in [1.807, 2.05) is 19.1 Å². The molecule has 0 aliphatic carbocycles. The van der Waals surface area contributed by atoms with Crippen LogP contribution in [0.15, 0.2) is 18.2 Å². The smallest absolute Gasteiger partial charge is 0.128 e. The second kappa shape index (κ2) is 6.03. The van der Waals surface area contributed by atoms with E-state index in [0.29, 0.717) is 18.6 Å². The monoisotopic (exact) mass is 291 g/mol. The van der Waals surface area contributed by atoms with Gasteiger partial charge < -0.3 is 5.73 Å². The lowest BCUT2D eigenvalue weighted by Crippen LogP contribution is -2.41. The molecule has 2 aliphatic heterocycles. The topological polar surface area (TPSA) is 32.5 Å². The maximum Gasteiger partial charge on any atom is 0.128 e. The Morgan fingerprint density at radius 1 is 1.29 bits per heavy atom. The highest BCUT2D eigenvalue weighted by Gasteiger charge is 2.36. The average molecular weight is 291 g/mol. The van der Waals surface area contributed by atoms with Crippen molar-refractivity contribution in [2.75, 3.05) is 26.7 Å². The maximum absolute atomic E-state index is 14.2. The van der Waals surface area contributed by atoms with Crippen LogP contribution in [0.25, 0.3) is 0 Å². The third-order valence-corrected chi connectivity index (χ3v) is 5.35. The first-order valence-electron chi connectivity index (χ1n) is 8.02. The van der Waals surface area contributed by atoms with Crippen LogP contribution in [0.1, 0.15) is 36.4 Å². The molecule has 2 heterocycles. The van der Waals surface area contributed by atoms with Gasteiger partial charge in [-0.1, -0.05) is 17.7 Å². The van der Waals surface area contributed by atoms with Crippen molar-refractivity contribution in [1.29, 1.82) is 0 Å². The number of halogens is 1. The number of nitrogens with two attached hydrogens (primary N) is 1. The first-order chi connectivity index (χ1) is 10.1. The van der Waals surface area contributed by atoms with E-state index in [0.717, 1.165) is 30.6 Å². The predicted octanol–water partition coefficient (Wildman–Crippen LogP) is 2.30. The molecule has 0 amide bonds. The molecule has 2 bridgehead atoms. The van der Waals surface area contributed by atoms with Gasteiger partial charge in [-0.2, -0.15) is 0 Å². The van der Waals surface area contributed by atoms with Gasteiger partial charge in [-0.05, 0) is 39.3 Å². The van der Waals surface area contributed by atoms with Gasteiger partial charge in [0.1, 0.15) is 5.82 Å². The van der Waals surface area contributed by atoms with Gasteiger partial charge in [0, 0.05) is 43.3 Å². The summed E-state index contributed by atoms with van der Waals surface area (Å²) in [7, 11) is 2.23. The molecule has 3 atom stereocenters. The zero-order valence-corrected chi connectivity index (χ0v) is 13.1. The fraction of sp³-hybridized carbons (Fsp3) is 0.647. The van der Waals surface area contributed by atoms with Crippen molar-refractivity contribution < 1.29 is 4.39 Å². The number of hydrogen-bond donors (Lipinski definition) is 1. The standard InChI is InChI=1S/C17H26FN3/c1-12-3-6-16(18)15(9-12)17(10-19)21-8-7-13-4-5-14(11-21)20(13)2/h3,6,9,13-14,17H,4-5,7-8,10-11,19H2,1-2H3. The lowest BCUT2D eigenvalue weighted by Gasteiger charge is -2.33. The van der Waals surface area contributed by atoms with Crippen LogP contribution in [-0.2, 0) is 0 Å². The molecule has 4 heteroatoms. The zero-order valence-electron chi connectivity index (χ0n) is 13.1. The summed E-state index contributed by atoms with van der Waals surface area (Å²) in [6, 6.07) is 6.64. The molecule has 2 saturated heterocycles. The highest BCUT2D eigenvalue weighted by molar-refractivity contribution is 5.27. The molecule has 3 rings (SSSR count). The largest absolute Gasteiger partial charge is 0.329 e. The summed E-state index contributed by atoms with van der Waals surface area (Å²) in [6.45, 7) is 4.50. The maximum atomic E-state index is 14.2. The van der Waals surface area contributed by atoms with Gasteiger partial charge in [0.05, 0.1) is 0 Å². The van der Waals surface area contributed by atoms with E-state index >= 15 is 0 Å². The average Bonchev–Trinajstić information content (AvgIpc) is 2.70. The Morgan fingerprint density at radius 3 is 2.81 bits per heavy atom. The van der Waals surface area contributed by atoms with Crippen LogP contribution in [0, 0.1) is 12.7 Å². The second-order valence-electron chi connectivity index (χ2n) is 6.61. The molecule has 116 valence electrons. The Morgan fingerprint density at radius 2 is 2.05 bits per heavy atom. The lowest BCUT2D eigenvalue weighted by atomic mass is 10.00. The van der Waals surface area contributed by atoms with E-state index in [-0.39, 0.29) is 11.9 Å². The number of aryl methyl sites for hydroxylation is 1. The summed E-state index contributed by atoms with van der Waals surface area (Å²) in [5, 5.41) is 0. The van der Waals surface area contributed by atoms with Gasteiger partial charge in [0.15, 0.2) is 0 Å². The molecule has 0 spiro atoms. The van der Waals surface area contributed by atoms with Crippen molar-refractivity contribution in [2.45, 2.75) is 44.3 Å². The van der Waals surface area contributed by atoms with Crippen LogP contribution in [0.2, 0.25) is 0 Å². The minimum atomic E-state index is -0.126. The van der Waals surface area contributed by atoms with E-state index in [4.69, 9.17) is 5.73 Å². The first kappa shape index (κ1) is 14.9. The number of nitrogens with zero attached hydrogens (tertiary/aromatic N) is 2. The Bertz CT molecular complexity index is 505. The molecule has 2 aliphatic rings. The SMILES string of the molecule is Cc1ccc(F)c(C(CN)N2CCC3CCC(C2)N3C)c1. The summed E-state index contributed by atoms with van der Waals surface area (Å²) in [5.74, 6) is -0.126. The minimum absolute atomic E-state index is 0.00218. The summed E-state index contributed by atoms with van der Waals surface area (Å²) < 4.78 is 14.2. The Balaban J connectivity index is 1.84. The molecule has 0 saturated carbocycles. The molecular weight excluding hydrogens is 265 g/mol. The summed E-state index contributed by atoms with van der Waals surface area (Å²) in [6.07, 6.45) is 3.73. The van der Waals surface area contributed by atoms with Crippen LogP contribution in [0.3, 0.4) is 0 Å². The van der Waals surface area contributed by atoms with Crippen molar-refractivity contribution in [1.82, 2.24) is 9.80 Å². The van der Waals surface area contributed by atoms with Crippen molar-refractivity contribution in [3.63, 3.8) is 0 Å². The van der Waals surface area contributed by atoms with Crippen LogP contribution < -0.4 is 5.73 Å². The van der Waals surface area contributed by atoms with Crippen molar-refractivity contribution in [2.24, 2.45) is 5.73 Å². The number of likely N-dealkylation sites (N-methyl/N-ethyl adjacent to an activating group) is 1. The van der Waals surface area contributed by atoms with E-state index in [1.54, 1.807) is 6.07 Å². The van der Waals surface area contributed by atoms with Gasteiger partial charge in [0.25, 0.3) is 0 Å². The summed E-state index contributed by atoms with van der Waals surface area (Å²) in [4.78, 5) is 4.92. The number of likely N-dealkylation sites (tertiary alicyclic amines) is 1. The quantitative estimate of drug-likeness (QED) is 0.927. The van der Waals surface area contributed by atoms with E-state index < -0.39 is 0 Å². The molecule has 0 aromatic heterocycles. The Labute approximate surface area is 126 Å². The Kier molecular flexibility index (Phi) is 4.29. The first-order valence-corrected chi connectivity index (χ1v) is 8.02. The molecule has 3 nitrogen and oxygen atoms in total. The van der Waals surface area contributed by atoms with Crippen LogP contribution in [0.4, 0.5) is 4.39 Å². The predicted molar refractivity (Wildman–Crippen MR) is 83.7 cm³/mol. The molecule has 21 heavy (non-hydrogen) atoms. The van der Waals surface area contributed by atoms with Crippen molar-refractivity contribution in [3.8, 4) is 0 Å². The van der Waals surface area contributed by atoms with Gasteiger partial charge in [0.2, 0.25) is 0 Å². The molecule has 1 aromatic rings. The number of fused-ring (bicyclic) bond motifs is 2. The zero-order chi connectivity index (χ0) is 15.0. The molecule has 1 aromatic carbocycles.